The quantitative estimate of drug-likeness (QED) is 0.748. The van der Waals surface area contributed by atoms with Crippen LogP contribution in [-0.4, -0.2) is 37.6 Å². The lowest BCUT2D eigenvalue weighted by Crippen LogP contribution is -2.45. The van der Waals surface area contributed by atoms with Crippen LogP contribution in [0.5, 0.6) is 0 Å². The minimum Gasteiger partial charge on any atom is -0.310 e. The molecule has 0 aromatic carbocycles. The monoisotopic (exact) mass is 254 g/mol. The van der Waals surface area contributed by atoms with Crippen LogP contribution in [0.25, 0.3) is 0 Å². The number of hydrogen-bond acceptors (Lipinski definition) is 2. The summed E-state index contributed by atoms with van der Waals surface area (Å²) >= 11 is 0. The third-order valence-corrected chi connectivity index (χ3v) is 4.24. The van der Waals surface area contributed by atoms with Crippen molar-refractivity contribution in [3.8, 4) is 0 Å². The molecule has 18 heavy (non-hydrogen) atoms. The number of nitrogens with one attached hydrogen (secondary N) is 1. The highest BCUT2D eigenvalue weighted by Crippen LogP contribution is 2.27. The minimum absolute atomic E-state index is 0.670. The van der Waals surface area contributed by atoms with E-state index in [9.17, 15) is 0 Å². The molecule has 0 radical (unpaired) electrons. The maximum atomic E-state index is 3.92. The second kappa shape index (κ2) is 8.16. The molecule has 0 spiro atoms. The molecule has 0 aromatic heterocycles. The Morgan fingerprint density at radius 3 is 2.17 bits per heavy atom. The van der Waals surface area contributed by atoms with Crippen molar-refractivity contribution < 1.29 is 0 Å². The van der Waals surface area contributed by atoms with Gasteiger partial charge in [-0.25, -0.2) is 0 Å². The number of hydrogen-bond donors (Lipinski definition) is 1. The van der Waals surface area contributed by atoms with Gasteiger partial charge in [-0.05, 0) is 58.0 Å². The number of rotatable bonds is 7. The molecule has 0 saturated heterocycles. The van der Waals surface area contributed by atoms with Crippen LogP contribution in [0.15, 0.2) is 0 Å². The molecular formula is C16H34N2. The van der Waals surface area contributed by atoms with E-state index < -0.39 is 0 Å². The first kappa shape index (κ1) is 16.0. The zero-order valence-corrected chi connectivity index (χ0v) is 13.2. The summed E-state index contributed by atoms with van der Waals surface area (Å²) in [5.74, 6) is 1.79. The fourth-order valence-electron chi connectivity index (χ4n) is 3.28. The predicted octanol–water partition coefficient (Wildman–Crippen LogP) is 3.52. The molecule has 1 rings (SSSR count). The van der Waals surface area contributed by atoms with E-state index in [2.05, 4.69) is 45.1 Å². The first-order valence-electron chi connectivity index (χ1n) is 7.92. The highest BCUT2D eigenvalue weighted by atomic mass is 15.1. The summed E-state index contributed by atoms with van der Waals surface area (Å²) in [6, 6.07) is 1.44. The smallest absolute Gasteiger partial charge is 0.0199 e. The molecule has 1 aliphatic rings. The van der Waals surface area contributed by atoms with Crippen LogP contribution in [-0.2, 0) is 0 Å². The lowest BCUT2D eigenvalue weighted by molar-refractivity contribution is 0.233. The molecule has 108 valence electrons. The van der Waals surface area contributed by atoms with Gasteiger partial charge in [0.1, 0.15) is 0 Å². The van der Waals surface area contributed by atoms with E-state index in [-0.39, 0.29) is 0 Å². The average molecular weight is 254 g/mol. The van der Waals surface area contributed by atoms with Crippen LogP contribution in [0.1, 0.15) is 59.3 Å². The second-order valence-electron chi connectivity index (χ2n) is 6.88. The van der Waals surface area contributed by atoms with Gasteiger partial charge in [0.15, 0.2) is 0 Å². The molecule has 1 N–H and O–H groups in total. The summed E-state index contributed by atoms with van der Waals surface area (Å²) in [5, 5.41) is 3.92. The lowest BCUT2D eigenvalue weighted by Gasteiger charge is -2.33. The summed E-state index contributed by atoms with van der Waals surface area (Å²) in [5.41, 5.74) is 0. The molecule has 2 nitrogen and oxygen atoms in total. The van der Waals surface area contributed by atoms with Gasteiger partial charge in [-0.2, -0.15) is 0 Å². The Morgan fingerprint density at radius 1 is 1.11 bits per heavy atom. The Balaban J connectivity index is 2.36. The first-order chi connectivity index (χ1) is 8.51. The van der Waals surface area contributed by atoms with Crippen LogP contribution in [0.2, 0.25) is 0 Å². The van der Waals surface area contributed by atoms with Crippen molar-refractivity contribution in [3.05, 3.63) is 0 Å². The van der Waals surface area contributed by atoms with Gasteiger partial charge in [-0.15, -0.1) is 0 Å². The molecule has 1 atom stereocenters. The van der Waals surface area contributed by atoms with Gasteiger partial charge in [-0.1, -0.05) is 27.2 Å². The Hall–Kier alpha value is -0.0800. The average Bonchev–Trinajstić information content (AvgIpc) is 2.28. The third kappa shape index (κ3) is 6.19. The van der Waals surface area contributed by atoms with E-state index in [1.54, 1.807) is 0 Å². The first-order valence-corrected chi connectivity index (χ1v) is 7.92. The molecule has 0 heterocycles. The normalized spacial score (nSPS) is 26.8. The van der Waals surface area contributed by atoms with Gasteiger partial charge in [0, 0.05) is 18.6 Å². The van der Waals surface area contributed by atoms with Gasteiger partial charge in [0.25, 0.3) is 0 Å². The summed E-state index contributed by atoms with van der Waals surface area (Å²) in [7, 11) is 4.37. The Labute approximate surface area is 115 Å². The van der Waals surface area contributed by atoms with E-state index in [1.165, 1.54) is 45.1 Å². The maximum absolute atomic E-state index is 3.92. The topological polar surface area (TPSA) is 15.3 Å². The van der Waals surface area contributed by atoms with Gasteiger partial charge >= 0.3 is 0 Å². The summed E-state index contributed by atoms with van der Waals surface area (Å²) in [4.78, 5) is 2.32. The molecule has 0 bridgehead atoms. The van der Waals surface area contributed by atoms with Crippen LogP contribution in [0.3, 0.4) is 0 Å². The van der Waals surface area contributed by atoms with Crippen molar-refractivity contribution in [1.82, 2.24) is 10.2 Å². The van der Waals surface area contributed by atoms with Crippen molar-refractivity contribution >= 4 is 0 Å². The Kier molecular flexibility index (Phi) is 7.25. The molecule has 1 saturated carbocycles. The Bertz CT molecular complexity index is 195. The van der Waals surface area contributed by atoms with Crippen LogP contribution < -0.4 is 5.32 Å². The zero-order valence-electron chi connectivity index (χ0n) is 13.2. The summed E-state index contributed by atoms with van der Waals surface area (Å²) < 4.78 is 0. The molecule has 1 fully saturated rings. The second-order valence-corrected chi connectivity index (χ2v) is 6.88. The number of likely N-dealkylation sites (N-methyl/N-ethyl adjacent to an activating group) is 1. The molecule has 0 aliphatic heterocycles. The molecule has 0 aromatic rings. The molecule has 1 aliphatic carbocycles. The number of nitrogens with zero attached hydrogens (tertiary/aromatic N) is 1. The van der Waals surface area contributed by atoms with E-state index in [0.29, 0.717) is 6.04 Å². The molecule has 1 unspecified atom stereocenters. The van der Waals surface area contributed by atoms with E-state index >= 15 is 0 Å². The van der Waals surface area contributed by atoms with Crippen molar-refractivity contribution in [1.29, 1.82) is 0 Å². The fourth-order valence-corrected chi connectivity index (χ4v) is 3.28. The highest BCUT2D eigenvalue weighted by Gasteiger charge is 2.22. The van der Waals surface area contributed by atoms with Crippen molar-refractivity contribution in [2.24, 2.45) is 11.8 Å². The fraction of sp³-hybridized carbons (Fsp3) is 1.00. The van der Waals surface area contributed by atoms with Crippen molar-refractivity contribution in [2.75, 3.05) is 20.6 Å². The van der Waals surface area contributed by atoms with Gasteiger partial charge in [-0.3, -0.25) is 0 Å². The Morgan fingerprint density at radius 2 is 1.72 bits per heavy atom. The molecule has 0 amide bonds. The van der Waals surface area contributed by atoms with E-state index in [1.807, 2.05) is 0 Å². The minimum atomic E-state index is 0.670. The van der Waals surface area contributed by atoms with E-state index in [4.69, 9.17) is 0 Å². The third-order valence-electron chi connectivity index (χ3n) is 4.24. The van der Waals surface area contributed by atoms with Crippen molar-refractivity contribution in [2.45, 2.75) is 71.4 Å². The van der Waals surface area contributed by atoms with Crippen molar-refractivity contribution in [3.63, 3.8) is 0 Å². The van der Waals surface area contributed by atoms with Crippen LogP contribution in [0, 0.1) is 11.8 Å². The zero-order chi connectivity index (χ0) is 13.5. The molecule has 2 heteroatoms. The predicted molar refractivity (Wildman–Crippen MR) is 81.0 cm³/mol. The van der Waals surface area contributed by atoms with Gasteiger partial charge in [0.05, 0.1) is 0 Å². The highest BCUT2D eigenvalue weighted by molar-refractivity contribution is 4.81. The van der Waals surface area contributed by atoms with Crippen LogP contribution >= 0.6 is 0 Å². The summed E-state index contributed by atoms with van der Waals surface area (Å²) in [6.45, 7) is 8.18. The lowest BCUT2D eigenvalue weighted by atomic mass is 9.84. The molecular weight excluding hydrogens is 220 g/mol. The van der Waals surface area contributed by atoms with Gasteiger partial charge in [0.2, 0.25) is 0 Å². The maximum Gasteiger partial charge on any atom is 0.0199 e. The standard InChI is InChI=1S/C16H34N2/c1-6-14-7-9-15(10-8-14)17-16(11-13(2)3)12-18(4)5/h13-17H,6-12H2,1-5H3. The SMILES string of the molecule is CCC1CCC(NC(CC(C)C)CN(C)C)CC1. The van der Waals surface area contributed by atoms with Crippen LogP contribution in [0.4, 0.5) is 0 Å². The van der Waals surface area contributed by atoms with E-state index in [0.717, 1.165) is 17.9 Å². The van der Waals surface area contributed by atoms with Gasteiger partial charge < -0.3 is 10.2 Å². The largest absolute Gasteiger partial charge is 0.310 e. The summed E-state index contributed by atoms with van der Waals surface area (Å²) in [6.07, 6.45) is 8.32.